The third-order valence-electron chi connectivity index (χ3n) is 6.50. The number of nitrogens with one attached hydrogen (secondary N) is 1. The van der Waals surface area contributed by atoms with E-state index in [4.69, 9.17) is 25.8 Å². The number of aliphatic hydroxyl groups is 1. The number of aromatic amines is 1. The lowest BCUT2D eigenvalue weighted by Gasteiger charge is -2.28. The molecule has 0 aliphatic carbocycles. The van der Waals surface area contributed by atoms with Crippen LogP contribution < -0.4 is 9.64 Å². The molecule has 2 aromatic heterocycles. The van der Waals surface area contributed by atoms with Gasteiger partial charge in [0.1, 0.15) is 18.3 Å². The molecule has 0 amide bonds. The summed E-state index contributed by atoms with van der Waals surface area (Å²) >= 11 is 6.53. The number of halogens is 1. The first-order valence-electron chi connectivity index (χ1n) is 11.1. The number of H-pyrrole nitrogens is 1. The first-order valence-corrected chi connectivity index (χ1v) is 13.3. The van der Waals surface area contributed by atoms with Crippen molar-refractivity contribution in [2.75, 3.05) is 42.7 Å². The predicted octanol–water partition coefficient (Wildman–Crippen LogP) is 1.42. The summed E-state index contributed by atoms with van der Waals surface area (Å²) < 4.78 is 40.5. The molecule has 5 heterocycles. The van der Waals surface area contributed by atoms with Crippen molar-refractivity contribution in [2.24, 2.45) is 0 Å². The van der Waals surface area contributed by atoms with Crippen LogP contribution in [0.5, 0.6) is 6.01 Å². The molecular weight excluding hydrogens is 484 g/mol. The predicted molar refractivity (Wildman–Crippen MR) is 125 cm³/mol. The topological polar surface area (TPSA) is 127 Å². The summed E-state index contributed by atoms with van der Waals surface area (Å²) in [6.45, 7) is 1.50. The van der Waals surface area contributed by atoms with Crippen molar-refractivity contribution in [3.63, 3.8) is 0 Å². The average Bonchev–Trinajstić information content (AvgIpc) is 3.50. The Hall–Kier alpha value is -2.44. The van der Waals surface area contributed by atoms with Crippen molar-refractivity contribution in [1.82, 2.24) is 15.0 Å². The highest BCUT2D eigenvalue weighted by atomic mass is 35.5. The minimum absolute atomic E-state index is 0.170. The van der Waals surface area contributed by atoms with Gasteiger partial charge in [-0.05, 0) is 18.2 Å². The van der Waals surface area contributed by atoms with Crippen LogP contribution in [0.2, 0.25) is 5.02 Å². The Morgan fingerprint density at radius 2 is 1.82 bits per heavy atom. The quantitative estimate of drug-likeness (QED) is 0.540. The number of pyridine rings is 1. The van der Waals surface area contributed by atoms with E-state index in [1.807, 2.05) is 24.3 Å². The number of imidazole rings is 1. The lowest BCUT2D eigenvalue weighted by Crippen LogP contribution is -2.40. The van der Waals surface area contributed by atoms with Gasteiger partial charge in [0.15, 0.2) is 21.6 Å². The van der Waals surface area contributed by atoms with Crippen molar-refractivity contribution in [1.29, 1.82) is 0 Å². The van der Waals surface area contributed by atoms with E-state index in [9.17, 15) is 13.5 Å². The zero-order chi connectivity index (χ0) is 23.4. The molecule has 0 saturated carbocycles. The SMILES string of the molecule is O=S1(=O)CCN(c2ccc(-c3nc4nc(O[C@@H]5CO[C@H]6[C@@H]5OC[C@H]6O)[nH]c4cc3Cl)cc2)CC1. The average molecular weight is 507 g/mol. The van der Waals surface area contributed by atoms with Gasteiger partial charge in [-0.25, -0.2) is 13.4 Å². The van der Waals surface area contributed by atoms with Crippen LogP contribution >= 0.6 is 11.6 Å². The maximum atomic E-state index is 11.7. The Morgan fingerprint density at radius 3 is 2.59 bits per heavy atom. The van der Waals surface area contributed by atoms with Crippen molar-refractivity contribution >= 4 is 38.3 Å². The van der Waals surface area contributed by atoms with Gasteiger partial charge in [0, 0.05) is 24.3 Å². The van der Waals surface area contributed by atoms with Gasteiger partial charge in [-0.1, -0.05) is 23.7 Å². The third-order valence-corrected chi connectivity index (χ3v) is 8.40. The van der Waals surface area contributed by atoms with Gasteiger partial charge in [-0.15, -0.1) is 0 Å². The van der Waals surface area contributed by atoms with E-state index in [1.165, 1.54) is 0 Å². The molecule has 3 aromatic rings. The van der Waals surface area contributed by atoms with Gasteiger partial charge in [-0.2, -0.15) is 4.98 Å². The summed E-state index contributed by atoms with van der Waals surface area (Å²) in [5, 5.41) is 10.4. The fourth-order valence-corrected chi connectivity index (χ4v) is 6.10. The maximum Gasteiger partial charge on any atom is 0.296 e. The van der Waals surface area contributed by atoms with Crippen molar-refractivity contribution in [3.05, 3.63) is 35.4 Å². The number of fused-ring (bicyclic) bond motifs is 2. The molecule has 12 heteroatoms. The molecule has 10 nitrogen and oxygen atoms in total. The molecule has 180 valence electrons. The molecule has 4 atom stereocenters. The number of ether oxygens (including phenoxy) is 3. The molecular formula is C22H23ClN4O6S. The first kappa shape index (κ1) is 22.1. The van der Waals surface area contributed by atoms with Crippen LogP contribution in [0.1, 0.15) is 0 Å². The lowest BCUT2D eigenvalue weighted by molar-refractivity contribution is 0.00706. The van der Waals surface area contributed by atoms with E-state index >= 15 is 0 Å². The van der Waals surface area contributed by atoms with E-state index in [0.717, 1.165) is 11.3 Å². The molecule has 0 bridgehead atoms. The summed E-state index contributed by atoms with van der Waals surface area (Å²) in [6, 6.07) is 9.77. The van der Waals surface area contributed by atoms with Crippen LogP contribution in [-0.2, 0) is 19.3 Å². The van der Waals surface area contributed by atoms with Gasteiger partial charge in [0.2, 0.25) is 0 Å². The summed E-state index contributed by atoms with van der Waals surface area (Å²) in [5.74, 6) is 0.340. The Balaban J connectivity index is 1.21. The molecule has 0 spiro atoms. The summed E-state index contributed by atoms with van der Waals surface area (Å²) in [4.78, 5) is 14.2. The van der Waals surface area contributed by atoms with Crippen LogP contribution in [0.4, 0.5) is 5.69 Å². The van der Waals surface area contributed by atoms with Crippen LogP contribution in [-0.4, -0.2) is 90.7 Å². The van der Waals surface area contributed by atoms with E-state index < -0.39 is 15.9 Å². The lowest BCUT2D eigenvalue weighted by atomic mass is 10.1. The van der Waals surface area contributed by atoms with Gasteiger partial charge in [0.25, 0.3) is 6.01 Å². The molecule has 3 fully saturated rings. The second kappa shape index (κ2) is 8.35. The van der Waals surface area contributed by atoms with E-state index in [2.05, 4.69) is 19.9 Å². The van der Waals surface area contributed by atoms with Gasteiger partial charge in [-0.3, -0.25) is 0 Å². The van der Waals surface area contributed by atoms with Crippen LogP contribution in [0.25, 0.3) is 22.4 Å². The number of anilines is 1. The molecule has 2 N–H and O–H groups in total. The van der Waals surface area contributed by atoms with Gasteiger partial charge < -0.3 is 29.2 Å². The van der Waals surface area contributed by atoms with Crippen LogP contribution in [0.15, 0.2) is 30.3 Å². The first-order chi connectivity index (χ1) is 16.4. The van der Waals surface area contributed by atoms with Crippen LogP contribution in [0.3, 0.4) is 0 Å². The standard InChI is InChI=1S/C22H23ClN4O6S/c23-14-9-15-21(26-22(24-15)33-17-11-32-19-16(28)10-31-20(17)19)25-18(14)12-1-3-13(4-2-12)27-5-7-34(29,30)8-6-27/h1-4,9,16-17,19-20,28H,5-8,10-11H2,(H,24,25,26)/t16-,17-,19-,20-/m1/s1. The Morgan fingerprint density at radius 1 is 1.09 bits per heavy atom. The van der Waals surface area contributed by atoms with E-state index in [0.29, 0.717) is 41.6 Å². The number of rotatable bonds is 4. The largest absolute Gasteiger partial charge is 0.456 e. The molecule has 0 radical (unpaired) electrons. The second-order valence-corrected chi connectivity index (χ2v) is 11.4. The third kappa shape index (κ3) is 4.01. The Bertz CT molecular complexity index is 1320. The zero-order valence-electron chi connectivity index (χ0n) is 18.1. The number of benzene rings is 1. The highest BCUT2D eigenvalue weighted by Crippen LogP contribution is 2.33. The fourth-order valence-electron chi connectivity index (χ4n) is 4.64. The molecule has 3 saturated heterocycles. The van der Waals surface area contributed by atoms with E-state index in [-0.39, 0.29) is 42.4 Å². The van der Waals surface area contributed by atoms with Gasteiger partial charge >= 0.3 is 0 Å². The minimum atomic E-state index is -2.93. The number of sulfone groups is 1. The fraction of sp³-hybridized carbons (Fsp3) is 0.455. The van der Waals surface area contributed by atoms with E-state index in [1.54, 1.807) is 6.07 Å². The minimum Gasteiger partial charge on any atom is -0.456 e. The molecule has 3 aliphatic rings. The monoisotopic (exact) mass is 506 g/mol. The van der Waals surface area contributed by atoms with Crippen molar-refractivity contribution < 1.29 is 27.7 Å². The number of aromatic nitrogens is 3. The van der Waals surface area contributed by atoms with Crippen molar-refractivity contribution in [3.8, 4) is 17.3 Å². The molecule has 0 unspecified atom stereocenters. The zero-order valence-corrected chi connectivity index (χ0v) is 19.6. The number of aliphatic hydroxyl groups excluding tert-OH is 1. The molecule has 3 aliphatic heterocycles. The molecule has 6 rings (SSSR count). The summed E-state index contributed by atoms with van der Waals surface area (Å²) in [5.41, 5.74) is 3.47. The number of hydrogen-bond donors (Lipinski definition) is 2. The normalized spacial score (nSPS) is 28.4. The van der Waals surface area contributed by atoms with Gasteiger partial charge in [0.05, 0.1) is 41.0 Å². The highest BCUT2D eigenvalue weighted by Gasteiger charge is 2.48. The van der Waals surface area contributed by atoms with Crippen LogP contribution in [0, 0.1) is 0 Å². The van der Waals surface area contributed by atoms with Crippen molar-refractivity contribution in [2.45, 2.75) is 24.4 Å². The molecule has 34 heavy (non-hydrogen) atoms. The Kier molecular flexibility index (Phi) is 5.41. The highest BCUT2D eigenvalue weighted by molar-refractivity contribution is 7.91. The molecule has 1 aromatic carbocycles. The maximum absolute atomic E-state index is 11.7. The second-order valence-electron chi connectivity index (χ2n) is 8.74. The number of nitrogens with zero attached hydrogens (tertiary/aromatic N) is 3. The number of hydrogen-bond acceptors (Lipinski definition) is 9. The Labute approximate surface area is 200 Å². The summed E-state index contributed by atoms with van der Waals surface area (Å²) in [7, 11) is -2.93. The smallest absolute Gasteiger partial charge is 0.296 e. The summed E-state index contributed by atoms with van der Waals surface area (Å²) in [6.07, 6.45) is -1.75.